The van der Waals surface area contributed by atoms with Crippen LogP contribution in [0.4, 0.5) is 0 Å². The van der Waals surface area contributed by atoms with Crippen molar-refractivity contribution in [3.05, 3.63) is 12.2 Å². The molecule has 0 rings (SSSR count). The summed E-state index contributed by atoms with van der Waals surface area (Å²) in [5.41, 5.74) is 0.965. The second-order valence-corrected chi connectivity index (χ2v) is 6.33. The standard InChI is InChI=1S/C8H16.C5H12/c1-5-6-7-8(2,3)4;1-5(2,3)4/h5-6H,7H2,1-4H3;1-4H3. The van der Waals surface area contributed by atoms with Gasteiger partial charge in [-0.15, -0.1) is 0 Å². The molecule has 0 aromatic heterocycles. The highest BCUT2D eigenvalue weighted by Gasteiger charge is 2.05. The second kappa shape index (κ2) is 6.23. The Bertz CT molecular complexity index is 121. The van der Waals surface area contributed by atoms with E-state index in [-0.39, 0.29) is 0 Å². The Hall–Kier alpha value is -0.260. The zero-order valence-electron chi connectivity index (χ0n) is 10.9. The van der Waals surface area contributed by atoms with Gasteiger partial charge in [0.05, 0.1) is 0 Å². The summed E-state index contributed by atoms with van der Waals surface area (Å²) in [5.74, 6) is 0. The van der Waals surface area contributed by atoms with Crippen LogP contribution in [0.5, 0.6) is 0 Å². The molecule has 0 amide bonds. The van der Waals surface area contributed by atoms with Gasteiger partial charge < -0.3 is 0 Å². The fraction of sp³-hybridized carbons (Fsp3) is 0.846. The van der Waals surface area contributed by atoms with Crippen molar-refractivity contribution < 1.29 is 0 Å². The minimum Gasteiger partial charge on any atom is -0.0916 e. The fourth-order valence-electron chi connectivity index (χ4n) is 0.471. The van der Waals surface area contributed by atoms with Crippen molar-refractivity contribution in [3.8, 4) is 0 Å². The van der Waals surface area contributed by atoms with Crippen molar-refractivity contribution in [2.75, 3.05) is 0 Å². The van der Waals surface area contributed by atoms with Crippen molar-refractivity contribution in [2.45, 2.75) is 61.8 Å². The van der Waals surface area contributed by atoms with Gasteiger partial charge >= 0.3 is 0 Å². The lowest BCUT2D eigenvalue weighted by molar-refractivity contribution is 0.420. The predicted octanol–water partition coefficient (Wildman–Crippen LogP) is 5.05. The summed E-state index contributed by atoms with van der Waals surface area (Å²) in [5, 5.41) is 0. The Balaban J connectivity index is 0. The zero-order valence-corrected chi connectivity index (χ0v) is 10.9. The third kappa shape index (κ3) is 49.6. The van der Waals surface area contributed by atoms with Gasteiger partial charge in [0, 0.05) is 0 Å². The first-order valence-corrected chi connectivity index (χ1v) is 5.17. The van der Waals surface area contributed by atoms with Crippen LogP contribution in [0.25, 0.3) is 0 Å². The summed E-state index contributed by atoms with van der Waals surface area (Å²) in [7, 11) is 0. The molecule has 0 heterocycles. The van der Waals surface area contributed by atoms with Crippen molar-refractivity contribution in [3.63, 3.8) is 0 Å². The molecule has 0 unspecified atom stereocenters. The molecule has 0 N–H and O–H groups in total. The van der Waals surface area contributed by atoms with Crippen LogP contribution in [0, 0.1) is 10.8 Å². The summed E-state index contributed by atoms with van der Waals surface area (Å²) in [4.78, 5) is 0. The summed E-state index contributed by atoms with van der Waals surface area (Å²) in [6, 6.07) is 0. The maximum Gasteiger partial charge on any atom is -0.0302 e. The molecule has 80 valence electrons. The van der Waals surface area contributed by atoms with Gasteiger partial charge in [-0.3, -0.25) is 0 Å². The van der Waals surface area contributed by atoms with Gasteiger partial charge in [-0.05, 0) is 24.2 Å². The lowest BCUT2D eigenvalue weighted by Crippen LogP contribution is -2.01. The molecule has 0 spiro atoms. The molecule has 0 nitrogen and oxygen atoms in total. The Morgan fingerprint density at radius 2 is 1.15 bits per heavy atom. The van der Waals surface area contributed by atoms with Crippen molar-refractivity contribution in [1.82, 2.24) is 0 Å². The molecule has 0 saturated carbocycles. The molecule has 0 atom stereocenters. The fourth-order valence-corrected chi connectivity index (χ4v) is 0.471. The quantitative estimate of drug-likeness (QED) is 0.500. The van der Waals surface area contributed by atoms with E-state index in [0.717, 1.165) is 0 Å². The number of rotatable bonds is 1. The van der Waals surface area contributed by atoms with Crippen molar-refractivity contribution in [1.29, 1.82) is 0 Å². The molecule has 0 radical (unpaired) electrons. The average molecular weight is 184 g/mol. The smallest absolute Gasteiger partial charge is 0.0302 e. The average Bonchev–Trinajstić information content (AvgIpc) is 1.77. The Labute approximate surface area is 85.4 Å². The van der Waals surface area contributed by atoms with Gasteiger partial charge in [-0.2, -0.15) is 0 Å². The first-order valence-electron chi connectivity index (χ1n) is 5.17. The van der Waals surface area contributed by atoms with E-state index in [0.29, 0.717) is 10.8 Å². The van der Waals surface area contributed by atoms with E-state index in [1.54, 1.807) is 0 Å². The summed E-state index contributed by atoms with van der Waals surface area (Å²) >= 11 is 0. The molecule has 0 aliphatic heterocycles. The monoisotopic (exact) mass is 184 g/mol. The Morgan fingerprint density at radius 3 is 1.23 bits per heavy atom. The summed E-state index contributed by atoms with van der Waals surface area (Å²) in [6.45, 7) is 17.5. The van der Waals surface area contributed by atoms with Crippen LogP contribution in [0.3, 0.4) is 0 Å². The van der Waals surface area contributed by atoms with Crippen LogP contribution >= 0.6 is 0 Å². The minimum absolute atomic E-state index is 0.465. The molecule has 0 aliphatic rings. The maximum atomic E-state index is 2.24. The molecule has 0 fully saturated rings. The molecule has 0 aliphatic carbocycles. The van der Waals surface area contributed by atoms with E-state index in [1.807, 2.05) is 0 Å². The molecule has 0 aromatic carbocycles. The van der Waals surface area contributed by atoms with Crippen molar-refractivity contribution >= 4 is 0 Å². The van der Waals surface area contributed by atoms with E-state index in [4.69, 9.17) is 0 Å². The lowest BCUT2D eigenvalue weighted by Gasteiger charge is -2.13. The van der Waals surface area contributed by atoms with E-state index in [9.17, 15) is 0 Å². The second-order valence-electron chi connectivity index (χ2n) is 6.33. The van der Waals surface area contributed by atoms with E-state index in [2.05, 4.69) is 67.5 Å². The topological polar surface area (TPSA) is 0 Å². The lowest BCUT2D eigenvalue weighted by atomic mass is 9.92. The third-order valence-electron chi connectivity index (χ3n) is 0.966. The van der Waals surface area contributed by atoms with Crippen LogP contribution in [0.15, 0.2) is 12.2 Å². The zero-order chi connectivity index (χ0) is 11.1. The third-order valence-corrected chi connectivity index (χ3v) is 0.966. The molecule has 0 aromatic rings. The van der Waals surface area contributed by atoms with Crippen LogP contribution < -0.4 is 0 Å². The molecule has 0 heteroatoms. The Morgan fingerprint density at radius 1 is 0.846 bits per heavy atom. The highest BCUT2D eigenvalue weighted by molar-refractivity contribution is 4.82. The molecular weight excluding hydrogens is 156 g/mol. The first-order chi connectivity index (χ1) is 5.56. The largest absolute Gasteiger partial charge is 0.0916 e. The van der Waals surface area contributed by atoms with Gasteiger partial charge in [0.25, 0.3) is 0 Å². The number of allylic oxidation sites excluding steroid dienone is 2. The Kier molecular flexibility index (Phi) is 7.30. The predicted molar refractivity (Wildman–Crippen MR) is 64.0 cm³/mol. The van der Waals surface area contributed by atoms with E-state index < -0.39 is 0 Å². The highest BCUT2D eigenvalue weighted by Crippen LogP contribution is 2.18. The summed E-state index contributed by atoms with van der Waals surface area (Å²) in [6.07, 6.45) is 5.49. The molecule has 0 bridgehead atoms. The van der Waals surface area contributed by atoms with Gasteiger partial charge in [0.2, 0.25) is 0 Å². The van der Waals surface area contributed by atoms with Crippen LogP contribution in [0.2, 0.25) is 0 Å². The van der Waals surface area contributed by atoms with Gasteiger partial charge in [-0.1, -0.05) is 60.6 Å². The molecular formula is C13H28. The van der Waals surface area contributed by atoms with Crippen LogP contribution in [0.1, 0.15) is 61.8 Å². The van der Waals surface area contributed by atoms with Crippen LogP contribution in [-0.2, 0) is 0 Å². The highest BCUT2D eigenvalue weighted by atomic mass is 14.1. The maximum absolute atomic E-state index is 2.24. The van der Waals surface area contributed by atoms with Crippen LogP contribution in [-0.4, -0.2) is 0 Å². The SMILES string of the molecule is CC(C)(C)C.CC=CCC(C)(C)C. The summed E-state index contributed by atoms with van der Waals surface area (Å²) < 4.78 is 0. The molecule has 0 saturated heterocycles. The van der Waals surface area contributed by atoms with Gasteiger partial charge in [0.1, 0.15) is 0 Å². The van der Waals surface area contributed by atoms with Gasteiger partial charge in [0.15, 0.2) is 0 Å². The number of hydrogen-bond donors (Lipinski definition) is 0. The normalized spacial score (nSPS) is 12.6. The van der Waals surface area contributed by atoms with Gasteiger partial charge in [-0.25, -0.2) is 0 Å². The number of hydrogen-bond acceptors (Lipinski definition) is 0. The van der Waals surface area contributed by atoms with E-state index in [1.165, 1.54) is 6.42 Å². The minimum atomic E-state index is 0.465. The molecule has 13 heavy (non-hydrogen) atoms. The van der Waals surface area contributed by atoms with Crippen molar-refractivity contribution in [2.24, 2.45) is 10.8 Å². The first kappa shape index (κ1) is 15.2. The van der Waals surface area contributed by atoms with E-state index >= 15 is 0 Å².